The molecule has 1 aliphatic carbocycles. The average Bonchev–Trinajstić information content (AvgIpc) is 2.42. The number of aromatic hydroxyl groups is 1. The minimum absolute atomic E-state index is 0. The number of phenols is 1. The molecule has 0 amide bonds. The van der Waals surface area contributed by atoms with E-state index in [1.807, 2.05) is 6.07 Å². The molecule has 0 saturated carbocycles. The molecule has 3 N–H and O–H groups in total. The smallest absolute Gasteiger partial charge is 0.120 e. The van der Waals surface area contributed by atoms with Crippen molar-refractivity contribution >= 4 is 12.4 Å². The molecular formula is C12H18ClNO. The van der Waals surface area contributed by atoms with Gasteiger partial charge in [-0.1, -0.05) is 19.9 Å². The zero-order chi connectivity index (χ0) is 10.3. The Labute approximate surface area is 96.9 Å². The second-order valence-electron chi connectivity index (χ2n) is 4.68. The number of hydrogen-bond acceptors (Lipinski definition) is 2. The lowest BCUT2D eigenvalue weighted by Crippen LogP contribution is -2.12. The van der Waals surface area contributed by atoms with E-state index >= 15 is 0 Å². The molecule has 0 heterocycles. The third-order valence-electron chi connectivity index (χ3n) is 3.34. The molecule has 1 aliphatic rings. The van der Waals surface area contributed by atoms with Gasteiger partial charge in [0.25, 0.3) is 0 Å². The average molecular weight is 228 g/mol. The molecule has 0 fully saturated rings. The van der Waals surface area contributed by atoms with Crippen LogP contribution in [0.15, 0.2) is 12.1 Å². The highest BCUT2D eigenvalue weighted by molar-refractivity contribution is 5.85. The number of hydrogen-bond donors (Lipinski definition) is 2. The van der Waals surface area contributed by atoms with Crippen molar-refractivity contribution in [2.24, 2.45) is 5.73 Å². The third kappa shape index (κ3) is 1.84. The summed E-state index contributed by atoms with van der Waals surface area (Å²) < 4.78 is 0. The van der Waals surface area contributed by atoms with Crippen molar-refractivity contribution in [1.29, 1.82) is 0 Å². The summed E-state index contributed by atoms with van der Waals surface area (Å²) in [5.41, 5.74) is 9.47. The zero-order valence-corrected chi connectivity index (χ0v) is 10.0. The van der Waals surface area contributed by atoms with Gasteiger partial charge in [-0.25, -0.2) is 0 Å². The minimum atomic E-state index is 0. The van der Waals surface area contributed by atoms with Gasteiger partial charge >= 0.3 is 0 Å². The Morgan fingerprint density at radius 1 is 1.40 bits per heavy atom. The van der Waals surface area contributed by atoms with E-state index in [2.05, 4.69) is 13.8 Å². The molecule has 0 unspecified atom stereocenters. The van der Waals surface area contributed by atoms with Gasteiger partial charge in [-0.2, -0.15) is 0 Å². The lowest BCUT2D eigenvalue weighted by Gasteiger charge is -2.19. The van der Waals surface area contributed by atoms with Crippen LogP contribution in [0.1, 0.15) is 37.0 Å². The summed E-state index contributed by atoms with van der Waals surface area (Å²) in [7, 11) is 0. The minimum Gasteiger partial charge on any atom is -0.508 e. The number of phenolic OH excluding ortho intramolecular Hbond substituents is 1. The largest absolute Gasteiger partial charge is 0.508 e. The van der Waals surface area contributed by atoms with E-state index in [1.165, 1.54) is 11.1 Å². The standard InChI is InChI=1S/C12H17NO.ClH/c1-12(2)6-5-8-9(7-13)11(14)4-3-10(8)12;/h3-4,14H,5-7,13H2,1-2H3;1H. The van der Waals surface area contributed by atoms with E-state index in [0.29, 0.717) is 12.3 Å². The highest BCUT2D eigenvalue weighted by atomic mass is 35.5. The molecule has 1 aromatic carbocycles. The first-order valence-corrected chi connectivity index (χ1v) is 5.10. The van der Waals surface area contributed by atoms with Crippen molar-refractivity contribution in [3.8, 4) is 5.75 Å². The summed E-state index contributed by atoms with van der Waals surface area (Å²) in [4.78, 5) is 0. The summed E-state index contributed by atoms with van der Waals surface area (Å²) in [5.74, 6) is 0.351. The maximum atomic E-state index is 9.66. The van der Waals surface area contributed by atoms with Crippen LogP contribution in [0.2, 0.25) is 0 Å². The van der Waals surface area contributed by atoms with E-state index in [1.54, 1.807) is 6.07 Å². The second kappa shape index (κ2) is 4.03. The predicted molar refractivity (Wildman–Crippen MR) is 64.6 cm³/mol. The van der Waals surface area contributed by atoms with Crippen LogP contribution < -0.4 is 5.73 Å². The van der Waals surface area contributed by atoms with Crippen molar-refractivity contribution in [2.75, 3.05) is 0 Å². The molecule has 84 valence electrons. The lowest BCUT2D eigenvalue weighted by molar-refractivity contribution is 0.467. The van der Waals surface area contributed by atoms with E-state index in [-0.39, 0.29) is 17.8 Å². The van der Waals surface area contributed by atoms with E-state index < -0.39 is 0 Å². The number of fused-ring (bicyclic) bond motifs is 1. The van der Waals surface area contributed by atoms with Gasteiger partial charge in [0.1, 0.15) is 5.75 Å². The maximum absolute atomic E-state index is 9.66. The van der Waals surface area contributed by atoms with E-state index in [9.17, 15) is 5.11 Å². The molecule has 2 rings (SSSR count). The van der Waals surface area contributed by atoms with Crippen molar-refractivity contribution in [3.05, 3.63) is 28.8 Å². The molecule has 2 nitrogen and oxygen atoms in total. The molecule has 0 radical (unpaired) electrons. The Morgan fingerprint density at radius 2 is 2.07 bits per heavy atom. The van der Waals surface area contributed by atoms with Crippen LogP contribution in [-0.4, -0.2) is 5.11 Å². The summed E-state index contributed by atoms with van der Waals surface area (Å²) in [6.07, 6.45) is 2.20. The van der Waals surface area contributed by atoms with Gasteiger partial charge in [0, 0.05) is 12.1 Å². The monoisotopic (exact) mass is 227 g/mol. The van der Waals surface area contributed by atoms with Crippen molar-refractivity contribution in [2.45, 2.75) is 38.6 Å². The molecule has 15 heavy (non-hydrogen) atoms. The fourth-order valence-electron chi connectivity index (χ4n) is 2.40. The Hall–Kier alpha value is -0.730. The number of halogens is 1. The van der Waals surface area contributed by atoms with Gasteiger partial charge in [0.05, 0.1) is 0 Å². The van der Waals surface area contributed by atoms with Gasteiger partial charge < -0.3 is 10.8 Å². The Kier molecular flexibility index (Phi) is 3.31. The molecule has 0 bridgehead atoms. The van der Waals surface area contributed by atoms with Crippen LogP contribution in [0.25, 0.3) is 0 Å². The van der Waals surface area contributed by atoms with E-state index in [0.717, 1.165) is 18.4 Å². The van der Waals surface area contributed by atoms with Crippen molar-refractivity contribution in [3.63, 3.8) is 0 Å². The highest BCUT2D eigenvalue weighted by Crippen LogP contribution is 2.41. The second-order valence-corrected chi connectivity index (χ2v) is 4.68. The Balaban J connectivity index is 0.00000112. The predicted octanol–water partition coefficient (Wildman–Crippen LogP) is 2.50. The summed E-state index contributed by atoms with van der Waals surface area (Å²) >= 11 is 0. The van der Waals surface area contributed by atoms with Crippen molar-refractivity contribution < 1.29 is 5.11 Å². The molecule has 0 spiro atoms. The van der Waals surface area contributed by atoms with Gasteiger partial charge in [-0.15, -0.1) is 12.4 Å². The first kappa shape index (κ1) is 12.3. The quantitative estimate of drug-likeness (QED) is 0.775. The first-order chi connectivity index (χ1) is 6.56. The van der Waals surface area contributed by atoms with E-state index in [4.69, 9.17) is 5.73 Å². The van der Waals surface area contributed by atoms with Crippen LogP contribution in [0.4, 0.5) is 0 Å². The van der Waals surface area contributed by atoms with Crippen LogP contribution in [-0.2, 0) is 18.4 Å². The number of benzene rings is 1. The number of nitrogens with two attached hydrogens (primary N) is 1. The van der Waals surface area contributed by atoms with Crippen LogP contribution in [0.3, 0.4) is 0 Å². The first-order valence-electron chi connectivity index (χ1n) is 5.10. The Bertz CT molecular complexity index is 374. The topological polar surface area (TPSA) is 46.2 Å². The fourth-order valence-corrected chi connectivity index (χ4v) is 2.40. The van der Waals surface area contributed by atoms with Crippen molar-refractivity contribution in [1.82, 2.24) is 0 Å². The lowest BCUT2D eigenvalue weighted by atomic mass is 9.86. The van der Waals surface area contributed by atoms with Crippen LogP contribution in [0, 0.1) is 0 Å². The molecule has 0 aromatic heterocycles. The summed E-state index contributed by atoms with van der Waals surface area (Å²) in [6, 6.07) is 3.81. The molecule has 0 aliphatic heterocycles. The number of rotatable bonds is 1. The van der Waals surface area contributed by atoms with Gasteiger partial charge in [0.2, 0.25) is 0 Å². The molecule has 0 saturated heterocycles. The zero-order valence-electron chi connectivity index (χ0n) is 9.21. The molecule has 3 heteroatoms. The summed E-state index contributed by atoms with van der Waals surface area (Å²) in [5, 5.41) is 9.66. The molecular weight excluding hydrogens is 210 g/mol. The van der Waals surface area contributed by atoms with Crippen LogP contribution >= 0.6 is 12.4 Å². The Morgan fingerprint density at radius 3 is 2.67 bits per heavy atom. The van der Waals surface area contributed by atoms with Gasteiger partial charge in [-0.05, 0) is 35.4 Å². The van der Waals surface area contributed by atoms with Gasteiger partial charge in [-0.3, -0.25) is 0 Å². The third-order valence-corrected chi connectivity index (χ3v) is 3.34. The SMILES string of the molecule is CC1(C)CCc2c1ccc(O)c2CN.Cl. The fraction of sp³-hybridized carbons (Fsp3) is 0.500. The summed E-state index contributed by atoms with van der Waals surface area (Å²) in [6.45, 7) is 4.93. The van der Waals surface area contributed by atoms with Gasteiger partial charge in [0.15, 0.2) is 0 Å². The highest BCUT2D eigenvalue weighted by Gasteiger charge is 2.31. The molecule has 0 atom stereocenters. The normalized spacial score (nSPS) is 17.0. The maximum Gasteiger partial charge on any atom is 0.120 e. The molecule has 1 aromatic rings. The van der Waals surface area contributed by atoms with Crippen LogP contribution in [0.5, 0.6) is 5.75 Å².